The first kappa shape index (κ1) is 24.0. The van der Waals surface area contributed by atoms with Crippen LogP contribution in [0.5, 0.6) is 0 Å². The van der Waals surface area contributed by atoms with E-state index in [2.05, 4.69) is 49.3 Å². The predicted octanol–water partition coefficient (Wildman–Crippen LogP) is 2.95. The predicted molar refractivity (Wildman–Crippen MR) is 130 cm³/mol. The van der Waals surface area contributed by atoms with Crippen LogP contribution in [0.4, 0.5) is 4.79 Å². The molecule has 2 saturated carbocycles. The summed E-state index contributed by atoms with van der Waals surface area (Å²) in [6.45, 7) is 2.46. The highest BCUT2D eigenvalue weighted by Crippen LogP contribution is 2.50. The standard InChI is InChI=1S/C27H41N3O4/c1-28(2)27(22-7-4-3-5-8-22)13-11-24(12-14-27)19-29(20-26(33)15-17-34-18-16-26)23(31)30(24)21-25(32)9-6-10-25/h3-5,7-8,32-33H,6,9-21H2,1-2H3/t24-,27+. The Labute approximate surface area is 203 Å². The zero-order valence-corrected chi connectivity index (χ0v) is 20.8. The Bertz CT molecular complexity index is 871. The number of hydrogen-bond donors (Lipinski definition) is 2. The zero-order valence-electron chi connectivity index (χ0n) is 20.8. The molecule has 2 heterocycles. The van der Waals surface area contributed by atoms with Crippen molar-refractivity contribution < 1.29 is 19.7 Å². The lowest BCUT2D eigenvalue weighted by Gasteiger charge is -2.52. The average Bonchev–Trinajstić information content (AvgIpc) is 3.04. The van der Waals surface area contributed by atoms with Gasteiger partial charge in [0, 0.05) is 38.1 Å². The van der Waals surface area contributed by atoms with Crippen molar-refractivity contribution >= 4 is 6.03 Å². The molecule has 5 rings (SSSR count). The number of amides is 2. The Hall–Kier alpha value is -1.67. The lowest BCUT2D eigenvalue weighted by molar-refractivity contribution is -0.0745. The van der Waals surface area contributed by atoms with E-state index in [1.165, 1.54) is 5.56 Å². The van der Waals surface area contributed by atoms with E-state index >= 15 is 0 Å². The molecule has 0 unspecified atom stereocenters. The second kappa shape index (κ2) is 8.77. The Balaban J connectivity index is 1.40. The third kappa shape index (κ3) is 4.15. The molecule has 1 aromatic carbocycles. The number of nitrogens with zero attached hydrogens (tertiary/aromatic N) is 3. The molecular formula is C27H41N3O4. The van der Waals surface area contributed by atoms with Gasteiger partial charge in [0.2, 0.25) is 0 Å². The highest BCUT2D eigenvalue weighted by molar-refractivity contribution is 5.78. The van der Waals surface area contributed by atoms with Crippen molar-refractivity contribution in [1.29, 1.82) is 0 Å². The minimum atomic E-state index is -0.884. The summed E-state index contributed by atoms with van der Waals surface area (Å²) in [6, 6.07) is 10.7. The Morgan fingerprint density at radius 2 is 1.50 bits per heavy atom. The van der Waals surface area contributed by atoms with Gasteiger partial charge in [-0.05, 0) is 64.6 Å². The number of benzene rings is 1. The minimum Gasteiger partial charge on any atom is -0.388 e. The summed E-state index contributed by atoms with van der Waals surface area (Å²) < 4.78 is 5.45. The van der Waals surface area contributed by atoms with Crippen LogP contribution in [0.25, 0.3) is 0 Å². The normalized spacial score (nSPS) is 32.9. The van der Waals surface area contributed by atoms with Crippen LogP contribution >= 0.6 is 0 Å². The summed E-state index contributed by atoms with van der Waals surface area (Å²) in [7, 11) is 4.32. The molecule has 34 heavy (non-hydrogen) atoms. The largest absolute Gasteiger partial charge is 0.388 e. The van der Waals surface area contributed by atoms with Gasteiger partial charge in [-0.3, -0.25) is 4.90 Å². The Morgan fingerprint density at radius 3 is 2.06 bits per heavy atom. The number of ether oxygens (including phenoxy) is 1. The van der Waals surface area contributed by atoms with E-state index in [-0.39, 0.29) is 17.1 Å². The van der Waals surface area contributed by atoms with E-state index in [1.54, 1.807) is 0 Å². The number of hydrogen-bond acceptors (Lipinski definition) is 5. The fourth-order valence-corrected chi connectivity index (χ4v) is 6.84. The first-order valence-electron chi connectivity index (χ1n) is 13.0. The molecule has 2 saturated heterocycles. The van der Waals surface area contributed by atoms with Crippen molar-refractivity contribution in [3.8, 4) is 0 Å². The lowest BCUT2D eigenvalue weighted by atomic mass is 9.67. The number of aliphatic hydroxyl groups is 2. The van der Waals surface area contributed by atoms with Gasteiger partial charge in [-0.25, -0.2) is 4.79 Å². The molecule has 188 valence electrons. The number of urea groups is 1. The van der Waals surface area contributed by atoms with Crippen LogP contribution in [-0.2, 0) is 10.3 Å². The molecule has 0 radical (unpaired) electrons. The maximum absolute atomic E-state index is 13.8. The molecule has 2 aliphatic heterocycles. The number of carbonyl (C=O) groups excluding carboxylic acids is 1. The topological polar surface area (TPSA) is 76.5 Å². The summed E-state index contributed by atoms with van der Waals surface area (Å²) in [5, 5.41) is 22.2. The van der Waals surface area contributed by atoms with E-state index in [4.69, 9.17) is 4.74 Å². The van der Waals surface area contributed by atoms with Gasteiger partial charge in [0.05, 0.1) is 29.8 Å². The first-order valence-corrected chi connectivity index (χ1v) is 13.0. The zero-order chi connectivity index (χ0) is 24.0. The molecule has 1 spiro atoms. The molecule has 2 aliphatic carbocycles. The molecule has 7 nitrogen and oxygen atoms in total. The van der Waals surface area contributed by atoms with Crippen molar-refractivity contribution in [3.63, 3.8) is 0 Å². The van der Waals surface area contributed by atoms with Gasteiger partial charge in [-0.2, -0.15) is 0 Å². The van der Waals surface area contributed by atoms with E-state index in [0.717, 1.165) is 44.9 Å². The first-order chi connectivity index (χ1) is 16.2. The molecule has 0 aromatic heterocycles. The Morgan fingerprint density at radius 1 is 0.882 bits per heavy atom. The van der Waals surface area contributed by atoms with Crippen molar-refractivity contribution in [1.82, 2.24) is 14.7 Å². The fraction of sp³-hybridized carbons (Fsp3) is 0.741. The van der Waals surface area contributed by atoms with Crippen LogP contribution in [0.15, 0.2) is 30.3 Å². The molecule has 7 heteroatoms. The minimum absolute atomic E-state index is 0.0164. The molecule has 4 fully saturated rings. The van der Waals surface area contributed by atoms with Gasteiger partial charge < -0.3 is 24.7 Å². The maximum Gasteiger partial charge on any atom is 0.320 e. The molecule has 0 bridgehead atoms. The highest BCUT2D eigenvalue weighted by Gasteiger charge is 2.57. The van der Waals surface area contributed by atoms with Crippen LogP contribution in [0, 0.1) is 0 Å². The van der Waals surface area contributed by atoms with Gasteiger partial charge in [-0.15, -0.1) is 0 Å². The van der Waals surface area contributed by atoms with Crippen molar-refractivity contribution in [2.75, 3.05) is 46.9 Å². The molecule has 4 aliphatic rings. The van der Waals surface area contributed by atoms with Crippen molar-refractivity contribution in [3.05, 3.63) is 35.9 Å². The average molecular weight is 472 g/mol. The number of carbonyl (C=O) groups is 1. The van der Waals surface area contributed by atoms with Gasteiger partial charge in [-0.1, -0.05) is 30.3 Å². The number of β-amino-alcohol motifs (C(OH)–C–C–N with tert-alkyl or cyclic N) is 2. The lowest BCUT2D eigenvalue weighted by Crippen LogP contribution is -2.59. The van der Waals surface area contributed by atoms with E-state index < -0.39 is 11.2 Å². The smallest absolute Gasteiger partial charge is 0.320 e. The van der Waals surface area contributed by atoms with Gasteiger partial charge >= 0.3 is 6.03 Å². The fourth-order valence-electron chi connectivity index (χ4n) is 6.84. The van der Waals surface area contributed by atoms with E-state index in [1.807, 2.05) is 9.80 Å². The van der Waals surface area contributed by atoms with Gasteiger partial charge in [0.1, 0.15) is 0 Å². The van der Waals surface area contributed by atoms with Crippen LogP contribution in [0.3, 0.4) is 0 Å². The molecule has 2 N–H and O–H groups in total. The quantitative estimate of drug-likeness (QED) is 0.667. The van der Waals surface area contributed by atoms with E-state index in [9.17, 15) is 15.0 Å². The second-order valence-corrected chi connectivity index (χ2v) is 11.7. The van der Waals surface area contributed by atoms with Crippen LogP contribution in [-0.4, -0.2) is 94.6 Å². The molecular weight excluding hydrogens is 430 g/mol. The van der Waals surface area contributed by atoms with Crippen LogP contribution in [0.1, 0.15) is 63.4 Å². The monoisotopic (exact) mass is 471 g/mol. The van der Waals surface area contributed by atoms with Crippen molar-refractivity contribution in [2.24, 2.45) is 0 Å². The highest BCUT2D eigenvalue weighted by atomic mass is 16.5. The molecule has 0 atom stereocenters. The third-order valence-corrected chi connectivity index (χ3v) is 9.38. The van der Waals surface area contributed by atoms with Gasteiger partial charge in [0.15, 0.2) is 0 Å². The summed E-state index contributed by atoms with van der Waals surface area (Å²) in [5.74, 6) is 0. The van der Waals surface area contributed by atoms with Crippen LogP contribution < -0.4 is 0 Å². The SMILES string of the molecule is CN(C)[C@]1(c2ccccc2)CC[C@]2(CC1)CN(CC1(O)CCOCC1)C(=O)N2CC1(O)CCC1. The maximum atomic E-state index is 13.8. The molecule has 2 amide bonds. The van der Waals surface area contributed by atoms with Gasteiger partial charge in [0.25, 0.3) is 0 Å². The second-order valence-electron chi connectivity index (χ2n) is 11.7. The van der Waals surface area contributed by atoms with Crippen LogP contribution in [0.2, 0.25) is 0 Å². The summed E-state index contributed by atoms with van der Waals surface area (Å²) in [5.41, 5.74) is -0.662. The van der Waals surface area contributed by atoms with E-state index in [0.29, 0.717) is 45.7 Å². The van der Waals surface area contributed by atoms with Crippen molar-refractivity contribution in [2.45, 2.75) is 80.1 Å². The summed E-state index contributed by atoms with van der Waals surface area (Å²) in [6.07, 6.45) is 7.36. The summed E-state index contributed by atoms with van der Waals surface area (Å²) >= 11 is 0. The third-order valence-electron chi connectivity index (χ3n) is 9.38. The summed E-state index contributed by atoms with van der Waals surface area (Å²) in [4.78, 5) is 20.0. The molecule has 1 aromatic rings. The number of rotatable bonds is 6. The Kier molecular flexibility index (Phi) is 6.20.